The van der Waals surface area contributed by atoms with Gasteiger partial charge in [-0.2, -0.15) is 0 Å². The van der Waals surface area contributed by atoms with Crippen LogP contribution in [0.25, 0.3) is 0 Å². The van der Waals surface area contributed by atoms with E-state index in [1.54, 1.807) is 0 Å². The molecule has 71 heavy (non-hydrogen) atoms. The van der Waals surface area contributed by atoms with Gasteiger partial charge in [0.25, 0.3) is 0 Å². The third kappa shape index (κ3) is 55.6. The zero-order chi connectivity index (χ0) is 51.4. The van der Waals surface area contributed by atoms with Crippen LogP contribution in [0.3, 0.4) is 0 Å². The van der Waals surface area contributed by atoms with Crippen LogP contribution < -0.4 is 0 Å². The highest BCUT2D eigenvalue weighted by molar-refractivity contribution is 5.71. The Labute approximate surface area is 434 Å². The largest absolute Gasteiger partial charge is 0.462 e. The Bertz CT molecular complexity index is 1690. The summed E-state index contributed by atoms with van der Waals surface area (Å²) in [6, 6.07) is 0. The third-order valence-electron chi connectivity index (χ3n) is 10.7. The van der Waals surface area contributed by atoms with Crippen molar-refractivity contribution in [2.24, 2.45) is 0 Å². The average Bonchev–Trinajstić information content (AvgIpc) is 3.37. The first-order valence-corrected chi connectivity index (χ1v) is 27.6. The van der Waals surface area contributed by atoms with Crippen molar-refractivity contribution in [1.82, 2.24) is 0 Å². The van der Waals surface area contributed by atoms with Crippen LogP contribution in [0.15, 0.2) is 170 Å². The molecule has 0 unspecified atom stereocenters. The summed E-state index contributed by atoms with van der Waals surface area (Å²) in [6.07, 6.45) is 85.0. The maximum Gasteiger partial charge on any atom is 0.306 e. The summed E-state index contributed by atoms with van der Waals surface area (Å²) in [4.78, 5) is 38.0. The molecule has 0 amide bonds. The predicted molar refractivity (Wildman–Crippen MR) is 306 cm³/mol. The van der Waals surface area contributed by atoms with Crippen molar-refractivity contribution in [3.63, 3.8) is 0 Å². The molecule has 0 aromatic heterocycles. The summed E-state index contributed by atoms with van der Waals surface area (Å²) >= 11 is 0. The Balaban J connectivity index is 4.71. The first kappa shape index (κ1) is 65.8. The molecule has 0 heterocycles. The number of unbranched alkanes of at least 4 members (excludes halogenated alkanes) is 8. The van der Waals surface area contributed by atoms with Crippen LogP contribution in [-0.4, -0.2) is 37.2 Å². The highest BCUT2D eigenvalue weighted by Gasteiger charge is 2.19. The molecule has 0 fully saturated rings. The van der Waals surface area contributed by atoms with Crippen LogP contribution in [0.4, 0.5) is 0 Å². The van der Waals surface area contributed by atoms with E-state index >= 15 is 0 Å². The monoisotopic (exact) mass is 975 g/mol. The zero-order valence-electron chi connectivity index (χ0n) is 44.9. The van der Waals surface area contributed by atoms with Crippen molar-refractivity contribution >= 4 is 17.9 Å². The molecule has 1 atom stereocenters. The van der Waals surface area contributed by atoms with Crippen LogP contribution >= 0.6 is 0 Å². The van der Waals surface area contributed by atoms with Crippen LogP contribution in [0.2, 0.25) is 0 Å². The second-order valence-corrected chi connectivity index (χ2v) is 17.4. The van der Waals surface area contributed by atoms with E-state index in [0.717, 1.165) is 89.9 Å². The van der Waals surface area contributed by atoms with Gasteiger partial charge in [0.05, 0.1) is 0 Å². The maximum atomic E-state index is 12.8. The third-order valence-corrected chi connectivity index (χ3v) is 10.7. The molecule has 0 aliphatic carbocycles. The van der Waals surface area contributed by atoms with Gasteiger partial charge in [-0.1, -0.05) is 217 Å². The molecule has 0 aliphatic rings. The molecule has 6 nitrogen and oxygen atoms in total. The van der Waals surface area contributed by atoms with E-state index in [1.165, 1.54) is 51.4 Å². The summed E-state index contributed by atoms with van der Waals surface area (Å²) in [5, 5.41) is 0. The van der Waals surface area contributed by atoms with Crippen LogP contribution in [0.5, 0.6) is 0 Å². The van der Waals surface area contributed by atoms with Crippen molar-refractivity contribution in [2.45, 2.75) is 207 Å². The Kier molecular flexibility index (Phi) is 53.1. The van der Waals surface area contributed by atoms with Crippen molar-refractivity contribution in [2.75, 3.05) is 13.2 Å². The molecule has 0 spiro atoms. The molecule has 394 valence electrons. The minimum absolute atomic E-state index is 0.160. The van der Waals surface area contributed by atoms with Crippen LogP contribution in [-0.2, 0) is 28.6 Å². The van der Waals surface area contributed by atoms with Gasteiger partial charge in [0.2, 0.25) is 0 Å². The van der Waals surface area contributed by atoms with Gasteiger partial charge in [0, 0.05) is 19.3 Å². The smallest absolute Gasteiger partial charge is 0.306 e. The quantitative estimate of drug-likeness (QED) is 0.0262. The van der Waals surface area contributed by atoms with E-state index in [1.807, 2.05) is 24.3 Å². The molecule has 0 aliphatic heterocycles. The predicted octanol–water partition coefficient (Wildman–Crippen LogP) is 18.8. The number of rotatable bonds is 47. The lowest BCUT2D eigenvalue weighted by atomic mass is 10.1. The van der Waals surface area contributed by atoms with Gasteiger partial charge in [-0.05, 0) is 135 Å². The van der Waals surface area contributed by atoms with E-state index in [2.05, 4.69) is 167 Å². The number of ether oxygens (including phenoxy) is 3. The molecule has 0 aromatic rings. The first-order valence-electron chi connectivity index (χ1n) is 27.6. The number of hydrogen-bond donors (Lipinski definition) is 0. The Morgan fingerprint density at radius 1 is 0.296 bits per heavy atom. The number of hydrogen-bond acceptors (Lipinski definition) is 6. The standard InChI is InChI=1S/C65H98O6/c1-4-7-10-13-16-19-22-25-28-30-32-34-37-40-43-46-49-52-55-58-64(67)70-61-62(60-69-63(66)57-54-51-48-45-42-39-36-27-24-21-18-15-12-9-6-3)71-65(68)59-56-53-50-47-44-41-38-35-33-31-29-26-23-20-17-14-11-8-5-2/h7,10,16-21,25-29,32-36,40-45,49-50,52-53,62H,4-6,8-9,11-15,22-24,30-31,37-39,46-48,51,54-61H2,1-3H3/b10-7-,19-16-,20-17-,21-18-,28-25-,29-26-,34-32-,35-33-,36-27-,43-40-,44-41-,45-42-,52-49-,53-50-/t62-/m0/s1. The molecule has 0 radical (unpaired) electrons. The van der Waals surface area contributed by atoms with Crippen molar-refractivity contribution < 1.29 is 28.6 Å². The van der Waals surface area contributed by atoms with E-state index in [4.69, 9.17) is 14.2 Å². The molecule has 6 heteroatoms. The average molecular weight is 975 g/mol. The lowest BCUT2D eigenvalue weighted by Crippen LogP contribution is -2.30. The molecule has 0 aromatic carbocycles. The fourth-order valence-electron chi connectivity index (χ4n) is 6.57. The fraction of sp³-hybridized carbons (Fsp3) is 0.523. The molecule has 0 bridgehead atoms. The van der Waals surface area contributed by atoms with Gasteiger partial charge >= 0.3 is 17.9 Å². The number of carbonyl (C=O) groups is 3. The molecular formula is C65H98O6. The second kappa shape index (κ2) is 57.3. The van der Waals surface area contributed by atoms with E-state index < -0.39 is 18.0 Å². The lowest BCUT2D eigenvalue weighted by Gasteiger charge is -2.18. The van der Waals surface area contributed by atoms with Gasteiger partial charge in [0.15, 0.2) is 6.10 Å². The van der Waals surface area contributed by atoms with Gasteiger partial charge < -0.3 is 14.2 Å². The second-order valence-electron chi connectivity index (χ2n) is 17.4. The zero-order valence-corrected chi connectivity index (χ0v) is 44.9. The minimum atomic E-state index is -0.874. The molecule has 0 saturated carbocycles. The number of esters is 3. The van der Waals surface area contributed by atoms with Gasteiger partial charge in [-0.3, -0.25) is 14.4 Å². The normalized spacial score (nSPS) is 13.5. The minimum Gasteiger partial charge on any atom is -0.462 e. The fourth-order valence-corrected chi connectivity index (χ4v) is 6.57. The highest BCUT2D eigenvalue weighted by Crippen LogP contribution is 2.09. The summed E-state index contributed by atoms with van der Waals surface area (Å²) in [6.45, 7) is 6.28. The van der Waals surface area contributed by atoms with Crippen molar-refractivity contribution in [3.05, 3.63) is 170 Å². The highest BCUT2D eigenvalue weighted by atomic mass is 16.6. The molecular weight excluding hydrogens is 877 g/mol. The Morgan fingerprint density at radius 2 is 0.563 bits per heavy atom. The maximum absolute atomic E-state index is 12.8. The van der Waals surface area contributed by atoms with Crippen molar-refractivity contribution in [1.29, 1.82) is 0 Å². The Hall–Kier alpha value is -5.23. The molecule has 0 N–H and O–H groups in total. The van der Waals surface area contributed by atoms with Crippen molar-refractivity contribution in [3.8, 4) is 0 Å². The van der Waals surface area contributed by atoms with E-state index in [9.17, 15) is 14.4 Å². The van der Waals surface area contributed by atoms with Crippen LogP contribution in [0, 0.1) is 0 Å². The van der Waals surface area contributed by atoms with Crippen LogP contribution in [0.1, 0.15) is 201 Å². The van der Waals surface area contributed by atoms with E-state index in [-0.39, 0.29) is 38.4 Å². The molecule has 0 rings (SSSR count). The van der Waals surface area contributed by atoms with Gasteiger partial charge in [-0.25, -0.2) is 0 Å². The van der Waals surface area contributed by atoms with E-state index in [0.29, 0.717) is 19.3 Å². The number of carbonyl (C=O) groups excluding carboxylic acids is 3. The first-order chi connectivity index (χ1) is 35.0. The van der Waals surface area contributed by atoms with Gasteiger partial charge in [-0.15, -0.1) is 0 Å². The SMILES string of the molecule is CC/C=C\C/C=C\C/C=C\C/C=C\C/C=C\C/C=C\CCC(=O)OC[C@H](COC(=O)CCCC/C=C\C/C=C\C/C=C\CCCCC)OC(=O)CC/C=C\C/C=C\C/C=C\C/C=C\C/C=C\CCCCC. The molecule has 0 saturated heterocycles. The lowest BCUT2D eigenvalue weighted by molar-refractivity contribution is -0.166. The summed E-state index contributed by atoms with van der Waals surface area (Å²) in [5.41, 5.74) is 0. The number of allylic oxidation sites excluding steroid dienone is 28. The Morgan fingerprint density at radius 3 is 0.887 bits per heavy atom. The van der Waals surface area contributed by atoms with Gasteiger partial charge in [0.1, 0.15) is 13.2 Å². The summed E-state index contributed by atoms with van der Waals surface area (Å²) < 4.78 is 16.6. The topological polar surface area (TPSA) is 78.9 Å². The summed E-state index contributed by atoms with van der Waals surface area (Å²) in [5.74, 6) is -1.18. The summed E-state index contributed by atoms with van der Waals surface area (Å²) in [7, 11) is 0.